The van der Waals surface area contributed by atoms with Gasteiger partial charge in [-0.1, -0.05) is 28.1 Å². The monoisotopic (exact) mass is 393 g/mol. The largest absolute Gasteiger partial charge is 0.375 e. The summed E-state index contributed by atoms with van der Waals surface area (Å²) in [6.45, 7) is 6.14. The maximum atomic E-state index is 11.1. The first-order valence-electron chi connectivity index (χ1n) is 7.51. The fourth-order valence-corrected chi connectivity index (χ4v) is 2.45. The van der Waals surface area contributed by atoms with E-state index >= 15 is 0 Å². The van der Waals surface area contributed by atoms with Crippen molar-refractivity contribution in [2.24, 2.45) is 0 Å². The van der Waals surface area contributed by atoms with Gasteiger partial charge in [0.15, 0.2) is 0 Å². The zero-order valence-electron chi connectivity index (χ0n) is 13.8. The van der Waals surface area contributed by atoms with Crippen molar-refractivity contribution in [3.63, 3.8) is 0 Å². The predicted octanol–water partition coefficient (Wildman–Crippen LogP) is 2.92. The highest BCUT2D eigenvalue weighted by molar-refractivity contribution is 9.10. The minimum Gasteiger partial charge on any atom is -0.375 e. The van der Waals surface area contributed by atoms with Gasteiger partial charge in [-0.3, -0.25) is 10.1 Å². The fourth-order valence-electron chi connectivity index (χ4n) is 2.00. The van der Waals surface area contributed by atoms with Gasteiger partial charge >= 0.3 is 0 Å². The molecule has 2 rings (SSSR count). The summed E-state index contributed by atoms with van der Waals surface area (Å²) in [5.41, 5.74) is 1.10. The Morgan fingerprint density at radius 3 is 2.75 bits per heavy atom. The lowest BCUT2D eigenvalue weighted by molar-refractivity contribution is -0.114. The van der Waals surface area contributed by atoms with Crippen LogP contribution in [0.15, 0.2) is 28.7 Å². The standard InChI is InChI=1S/C16H20BrN5O2/c1-10(8-24-9-13-5-4-6-14(17)7-13)18-15-19-11(2)20-16(22-15)21-12(3)23/h4-7,10H,8-9H2,1-3H3,(H2,18,19,20,21,22,23). The van der Waals surface area contributed by atoms with Crippen LogP contribution < -0.4 is 10.6 Å². The Kier molecular flexibility index (Phi) is 6.62. The van der Waals surface area contributed by atoms with E-state index in [-0.39, 0.29) is 17.9 Å². The van der Waals surface area contributed by atoms with Crippen LogP contribution in [0.3, 0.4) is 0 Å². The molecule has 0 radical (unpaired) electrons. The Labute approximate surface area is 149 Å². The van der Waals surface area contributed by atoms with Crippen LogP contribution in [0.2, 0.25) is 0 Å². The molecule has 2 aromatic rings. The number of halogens is 1. The first-order valence-corrected chi connectivity index (χ1v) is 8.30. The molecule has 1 atom stereocenters. The molecular weight excluding hydrogens is 374 g/mol. The number of anilines is 2. The van der Waals surface area contributed by atoms with Gasteiger partial charge in [0, 0.05) is 17.4 Å². The van der Waals surface area contributed by atoms with E-state index in [4.69, 9.17) is 4.74 Å². The molecule has 0 bridgehead atoms. The van der Waals surface area contributed by atoms with E-state index in [2.05, 4.69) is 41.5 Å². The molecule has 0 saturated heterocycles. The van der Waals surface area contributed by atoms with Crippen molar-refractivity contribution in [2.75, 3.05) is 17.2 Å². The highest BCUT2D eigenvalue weighted by Gasteiger charge is 2.09. The van der Waals surface area contributed by atoms with E-state index in [1.165, 1.54) is 6.92 Å². The summed E-state index contributed by atoms with van der Waals surface area (Å²) in [6, 6.07) is 7.99. The first kappa shape index (κ1) is 18.3. The highest BCUT2D eigenvalue weighted by Crippen LogP contribution is 2.13. The van der Waals surface area contributed by atoms with Gasteiger partial charge in [0.1, 0.15) is 5.82 Å². The van der Waals surface area contributed by atoms with E-state index in [0.29, 0.717) is 25.0 Å². The van der Waals surface area contributed by atoms with Crippen molar-refractivity contribution in [1.82, 2.24) is 15.0 Å². The van der Waals surface area contributed by atoms with E-state index in [0.717, 1.165) is 10.0 Å². The number of amides is 1. The molecule has 128 valence electrons. The van der Waals surface area contributed by atoms with Crippen molar-refractivity contribution < 1.29 is 9.53 Å². The molecule has 8 heteroatoms. The van der Waals surface area contributed by atoms with Crippen LogP contribution in [0.4, 0.5) is 11.9 Å². The van der Waals surface area contributed by atoms with E-state index in [9.17, 15) is 4.79 Å². The smallest absolute Gasteiger partial charge is 0.234 e. The van der Waals surface area contributed by atoms with Crippen molar-refractivity contribution in [2.45, 2.75) is 33.4 Å². The number of aryl methyl sites for hydroxylation is 1. The Hall–Kier alpha value is -2.06. The second-order valence-corrected chi connectivity index (χ2v) is 6.32. The third-order valence-corrected chi connectivity index (χ3v) is 3.43. The number of ether oxygens (including phenoxy) is 1. The van der Waals surface area contributed by atoms with Crippen molar-refractivity contribution in [1.29, 1.82) is 0 Å². The summed E-state index contributed by atoms with van der Waals surface area (Å²) >= 11 is 3.44. The summed E-state index contributed by atoms with van der Waals surface area (Å²) in [5, 5.41) is 5.70. The zero-order chi connectivity index (χ0) is 17.5. The van der Waals surface area contributed by atoms with Gasteiger partial charge < -0.3 is 10.1 Å². The van der Waals surface area contributed by atoms with Crippen molar-refractivity contribution >= 4 is 33.7 Å². The molecule has 1 unspecified atom stereocenters. The Balaban J connectivity index is 1.86. The highest BCUT2D eigenvalue weighted by atomic mass is 79.9. The molecule has 0 fully saturated rings. The lowest BCUT2D eigenvalue weighted by atomic mass is 10.2. The number of hydrogen-bond acceptors (Lipinski definition) is 6. The number of carbonyl (C=O) groups is 1. The van der Waals surface area contributed by atoms with E-state index in [1.54, 1.807) is 6.92 Å². The predicted molar refractivity (Wildman–Crippen MR) is 95.8 cm³/mol. The van der Waals surface area contributed by atoms with Crippen LogP contribution in [0, 0.1) is 6.92 Å². The average Bonchev–Trinajstić information content (AvgIpc) is 2.45. The third kappa shape index (κ3) is 6.21. The summed E-state index contributed by atoms with van der Waals surface area (Å²) in [4.78, 5) is 23.5. The number of rotatable bonds is 7. The lowest BCUT2D eigenvalue weighted by Gasteiger charge is -2.15. The first-order chi connectivity index (χ1) is 11.4. The van der Waals surface area contributed by atoms with Crippen molar-refractivity contribution in [3.8, 4) is 0 Å². The van der Waals surface area contributed by atoms with Gasteiger partial charge in [0.2, 0.25) is 17.8 Å². The molecule has 0 aliphatic rings. The quantitative estimate of drug-likeness (QED) is 0.751. The summed E-state index contributed by atoms with van der Waals surface area (Å²) in [6.07, 6.45) is 0. The lowest BCUT2D eigenvalue weighted by Crippen LogP contribution is -2.24. The normalized spacial score (nSPS) is 11.8. The zero-order valence-corrected chi connectivity index (χ0v) is 15.4. The van der Waals surface area contributed by atoms with Crippen LogP contribution in [0.1, 0.15) is 25.2 Å². The number of nitrogens with one attached hydrogen (secondary N) is 2. The number of nitrogens with zero attached hydrogens (tertiary/aromatic N) is 3. The summed E-state index contributed by atoms with van der Waals surface area (Å²) in [5.74, 6) is 0.944. The van der Waals surface area contributed by atoms with Crippen LogP contribution in [0.25, 0.3) is 0 Å². The van der Waals surface area contributed by atoms with Gasteiger partial charge in [0.25, 0.3) is 0 Å². The minimum atomic E-state index is -0.225. The fraction of sp³-hybridized carbons (Fsp3) is 0.375. The summed E-state index contributed by atoms with van der Waals surface area (Å²) < 4.78 is 6.74. The molecule has 1 aromatic carbocycles. The topological polar surface area (TPSA) is 89.0 Å². The summed E-state index contributed by atoms with van der Waals surface area (Å²) in [7, 11) is 0. The van der Waals surface area contributed by atoms with Crippen molar-refractivity contribution in [3.05, 3.63) is 40.1 Å². The molecule has 0 saturated carbocycles. The number of hydrogen-bond donors (Lipinski definition) is 2. The Morgan fingerprint density at radius 2 is 2.04 bits per heavy atom. The number of carbonyl (C=O) groups excluding carboxylic acids is 1. The van der Waals surface area contributed by atoms with E-state index in [1.807, 2.05) is 31.2 Å². The number of aromatic nitrogens is 3. The SMILES string of the molecule is CC(=O)Nc1nc(C)nc(NC(C)COCc2cccc(Br)c2)n1. The second-order valence-electron chi connectivity index (χ2n) is 5.40. The molecule has 0 spiro atoms. The van der Waals surface area contributed by atoms with Gasteiger partial charge in [-0.05, 0) is 31.5 Å². The van der Waals surface area contributed by atoms with E-state index < -0.39 is 0 Å². The van der Waals surface area contributed by atoms with Crippen LogP contribution in [-0.4, -0.2) is 33.5 Å². The minimum absolute atomic E-state index is 0.00382. The Morgan fingerprint density at radius 1 is 1.29 bits per heavy atom. The van der Waals surface area contributed by atoms with Crippen LogP contribution in [0.5, 0.6) is 0 Å². The molecule has 1 heterocycles. The molecule has 2 N–H and O–H groups in total. The van der Waals surface area contributed by atoms with Gasteiger partial charge in [-0.15, -0.1) is 0 Å². The molecule has 24 heavy (non-hydrogen) atoms. The molecule has 0 aliphatic carbocycles. The van der Waals surface area contributed by atoms with Gasteiger partial charge in [-0.2, -0.15) is 15.0 Å². The Bertz CT molecular complexity index is 711. The molecule has 7 nitrogen and oxygen atoms in total. The molecule has 0 aliphatic heterocycles. The molecule has 1 aromatic heterocycles. The van der Waals surface area contributed by atoms with Gasteiger partial charge in [-0.25, -0.2) is 0 Å². The average molecular weight is 394 g/mol. The van der Waals surface area contributed by atoms with Gasteiger partial charge in [0.05, 0.1) is 13.2 Å². The second kappa shape index (κ2) is 8.70. The van der Waals surface area contributed by atoms with Crippen LogP contribution in [-0.2, 0) is 16.1 Å². The maximum absolute atomic E-state index is 11.1. The third-order valence-electron chi connectivity index (χ3n) is 2.94. The molecule has 1 amide bonds. The number of benzene rings is 1. The maximum Gasteiger partial charge on any atom is 0.234 e. The van der Waals surface area contributed by atoms with Crippen LogP contribution >= 0.6 is 15.9 Å². The molecular formula is C16H20BrN5O2.